The molecule has 2 amide bonds. The highest BCUT2D eigenvalue weighted by molar-refractivity contribution is 5.69. The number of esters is 1. The maximum atomic E-state index is 10.9. The fourth-order valence-corrected chi connectivity index (χ4v) is 4.20. The Morgan fingerprint density at radius 2 is 0.833 bits per heavy atom. The number of hydrogen-bond acceptors (Lipinski definition) is 6. The van der Waals surface area contributed by atoms with Gasteiger partial charge in [0.15, 0.2) is 0 Å². The van der Waals surface area contributed by atoms with Crippen molar-refractivity contribution in [1.82, 2.24) is 0 Å². The van der Waals surface area contributed by atoms with E-state index in [2.05, 4.69) is 51.3 Å². The number of carbonyl (C=O) groups is 2. The highest BCUT2D eigenvalue weighted by Crippen LogP contribution is 2.34. The molecule has 0 aliphatic rings. The van der Waals surface area contributed by atoms with Gasteiger partial charge in [-0.25, -0.2) is 4.79 Å². The Balaban J connectivity index is 0.000000265. The molecule has 222 valence electrons. The van der Waals surface area contributed by atoms with E-state index in [1.54, 1.807) is 31.4 Å². The lowest BCUT2D eigenvalue weighted by molar-refractivity contribution is -0.131. The molecule has 42 heavy (non-hydrogen) atoms. The molecule has 4 aromatic carbocycles. The minimum atomic E-state index is -0.833. The molecule has 0 aromatic heterocycles. The summed E-state index contributed by atoms with van der Waals surface area (Å²) in [7, 11) is 1.66. The normalized spacial score (nSPS) is 10.7. The Morgan fingerprint density at radius 1 is 0.571 bits per heavy atom. The van der Waals surface area contributed by atoms with Gasteiger partial charge < -0.3 is 31.2 Å². The molecule has 0 radical (unpaired) electrons. The van der Waals surface area contributed by atoms with Gasteiger partial charge in [-0.3, -0.25) is 4.79 Å². The number of primary amides is 2. The van der Waals surface area contributed by atoms with Crippen molar-refractivity contribution in [2.45, 2.75) is 45.4 Å². The van der Waals surface area contributed by atoms with Gasteiger partial charge in [-0.2, -0.15) is 0 Å². The number of amides is 2. The molecule has 0 saturated carbocycles. The second kappa shape index (κ2) is 14.6. The third kappa shape index (κ3) is 9.59. The minimum absolute atomic E-state index is 0.138. The fourth-order valence-electron chi connectivity index (χ4n) is 4.20. The highest BCUT2D eigenvalue weighted by Gasteiger charge is 2.24. The smallest absolute Gasteiger partial charge is 0.309 e. The van der Waals surface area contributed by atoms with E-state index >= 15 is 0 Å². The van der Waals surface area contributed by atoms with Gasteiger partial charge in [0.05, 0.1) is 7.11 Å². The van der Waals surface area contributed by atoms with E-state index in [0.717, 1.165) is 22.4 Å². The van der Waals surface area contributed by atoms with Gasteiger partial charge in [0.2, 0.25) is 0 Å². The Hall–Kier alpha value is -4.98. The van der Waals surface area contributed by atoms with Crippen LogP contribution in [0.5, 0.6) is 23.0 Å². The van der Waals surface area contributed by atoms with Crippen LogP contribution in [0.25, 0.3) is 0 Å². The summed E-state index contributed by atoms with van der Waals surface area (Å²) in [4.78, 5) is 19.9. The van der Waals surface area contributed by atoms with Crippen molar-refractivity contribution in [2.24, 2.45) is 11.5 Å². The number of urea groups is 1. The molecule has 0 saturated heterocycles. The van der Waals surface area contributed by atoms with E-state index in [1.165, 1.54) is 12.5 Å². The van der Waals surface area contributed by atoms with Gasteiger partial charge in [0, 0.05) is 17.8 Å². The molecule has 0 bridgehead atoms. The minimum Gasteiger partial charge on any atom is -0.508 e. The molecule has 4 aromatic rings. The summed E-state index contributed by atoms with van der Waals surface area (Å²) in [5.74, 6) is 1.65. The number of aromatic hydroxyl groups is 2. The van der Waals surface area contributed by atoms with Crippen LogP contribution in [0, 0.1) is 0 Å². The average molecular weight is 573 g/mol. The number of phenols is 2. The van der Waals surface area contributed by atoms with Crippen LogP contribution in [-0.2, 0) is 15.6 Å². The molecule has 6 N–H and O–H groups in total. The molecule has 0 aliphatic heterocycles. The van der Waals surface area contributed by atoms with E-state index in [4.69, 9.17) is 14.3 Å². The van der Waals surface area contributed by atoms with E-state index in [-0.39, 0.29) is 28.3 Å². The number of benzene rings is 4. The zero-order chi connectivity index (χ0) is 31.5. The van der Waals surface area contributed by atoms with Crippen molar-refractivity contribution in [3.63, 3.8) is 0 Å². The highest BCUT2D eigenvalue weighted by atomic mass is 16.5. The monoisotopic (exact) mass is 572 g/mol. The Morgan fingerprint density at radius 3 is 1.10 bits per heavy atom. The van der Waals surface area contributed by atoms with Crippen molar-refractivity contribution in [1.29, 1.82) is 0 Å². The lowest BCUT2D eigenvalue weighted by Crippen LogP contribution is -2.18. The zero-order valence-corrected chi connectivity index (χ0v) is 24.9. The van der Waals surface area contributed by atoms with Crippen molar-refractivity contribution in [3.05, 3.63) is 119 Å². The first-order chi connectivity index (χ1) is 19.7. The summed E-state index contributed by atoms with van der Waals surface area (Å²) in [6, 6.07) is 29.3. The van der Waals surface area contributed by atoms with Gasteiger partial charge in [-0.1, -0.05) is 76.2 Å². The first kappa shape index (κ1) is 33.2. The van der Waals surface area contributed by atoms with Crippen LogP contribution in [0.1, 0.15) is 56.9 Å². The average Bonchev–Trinajstić information content (AvgIpc) is 2.93. The van der Waals surface area contributed by atoms with Crippen molar-refractivity contribution >= 4 is 12.0 Å². The van der Waals surface area contributed by atoms with Crippen LogP contribution in [-0.4, -0.2) is 29.3 Å². The topological polar surface area (TPSA) is 145 Å². The molecular weight excluding hydrogens is 532 g/mol. The van der Waals surface area contributed by atoms with Gasteiger partial charge in [-0.15, -0.1) is 0 Å². The SMILES string of the molecule is CC(C)(c1ccc(O)cc1)c1ccc(O)cc1.COc1ccc(C(C)(C)c2ccc(OC(C)=O)cc2)cc1.NC(N)=O. The van der Waals surface area contributed by atoms with E-state index in [9.17, 15) is 15.0 Å². The summed E-state index contributed by atoms with van der Waals surface area (Å²) < 4.78 is 10.3. The van der Waals surface area contributed by atoms with E-state index in [1.807, 2.05) is 60.7 Å². The maximum Gasteiger partial charge on any atom is 0.309 e. The lowest BCUT2D eigenvalue weighted by atomic mass is 9.78. The lowest BCUT2D eigenvalue weighted by Gasteiger charge is -2.26. The quantitative estimate of drug-likeness (QED) is 0.156. The zero-order valence-electron chi connectivity index (χ0n) is 24.9. The molecule has 0 spiro atoms. The van der Waals surface area contributed by atoms with Gasteiger partial charge >= 0.3 is 12.0 Å². The first-order valence-electron chi connectivity index (χ1n) is 13.2. The summed E-state index contributed by atoms with van der Waals surface area (Å²) in [5, 5.41) is 18.6. The third-order valence-electron chi connectivity index (χ3n) is 6.83. The molecule has 0 unspecified atom stereocenters. The van der Waals surface area contributed by atoms with Crippen LogP contribution < -0.4 is 20.9 Å². The van der Waals surface area contributed by atoms with Crippen molar-refractivity contribution in [3.8, 4) is 23.0 Å². The van der Waals surface area contributed by atoms with Crippen LogP contribution in [0.2, 0.25) is 0 Å². The van der Waals surface area contributed by atoms with Crippen molar-refractivity contribution < 1.29 is 29.3 Å². The standard InChI is InChI=1S/C18H20O3.C15H16O2.CH4N2O/c1-13(19)21-17-11-7-15(8-12-17)18(2,3)14-5-9-16(20-4)10-6-14;1-15(2,11-3-7-13(16)8-4-11)12-5-9-14(17)10-6-12;2-1(3)4/h5-12H,1-4H3;3-10,16-17H,1-2H3;(H4,2,3,4). The number of carbonyl (C=O) groups excluding carboxylic acids is 2. The predicted octanol–water partition coefficient (Wildman–Crippen LogP) is 6.39. The third-order valence-corrected chi connectivity index (χ3v) is 6.83. The molecular formula is C34H40N2O6. The molecule has 0 atom stereocenters. The van der Waals surface area contributed by atoms with Crippen LogP contribution in [0.15, 0.2) is 97.1 Å². The van der Waals surface area contributed by atoms with Crippen LogP contribution in [0.4, 0.5) is 4.79 Å². The van der Waals surface area contributed by atoms with Gasteiger partial charge in [0.1, 0.15) is 23.0 Å². The summed E-state index contributed by atoms with van der Waals surface area (Å²) in [6.45, 7) is 9.96. The number of rotatable bonds is 6. The number of hydrogen-bond donors (Lipinski definition) is 4. The molecule has 0 heterocycles. The molecule has 4 rings (SSSR count). The van der Waals surface area contributed by atoms with Crippen molar-refractivity contribution in [2.75, 3.05) is 7.11 Å². The van der Waals surface area contributed by atoms with Crippen LogP contribution in [0.3, 0.4) is 0 Å². The first-order valence-corrected chi connectivity index (χ1v) is 13.2. The second-order valence-corrected chi connectivity index (χ2v) is 10.6. The molecule has 8 heteroatoms. The predicted molar refractivity (Wildman–Crippen MR) is 165 cm³/mol. The number of nitrogens with two attached hydrogens (primary N) is 2. The molecule has 8 nitrogen and oxygen atoms in total. The fraction of sp³-hybridized carbons (Fsp3) is 0.235. The number of ether oxygens (including phenoxy) is 2. The largest absolute Gasteiger partial charge is 0.508 e. The summed E-state index contributed by atoms with van der Waals surface area (Å²) in [5.41, 5.74) is 12.8. The summed E-state index contributed by atoms with van der Waals surface area (Å²) in [6.07, 6.45) is 0. The number of methoxy groups -OCH3 is 1. The van der Waals surface area contributed by atoms with E-state index < -0.39 is 6.03 Å². The molecule has 0 fully saturated rings. The Kier molecular flexibility index (Phi) is 11.5. The number of phenolic OH excluding ortho intramolecular Hbond substituents is 2. The second-order valence-electron chi connectivity index (χ2n) is 10.6. The summed E-state index contributed by atoms with van der Waals surface area (Å²) >= 11 is 0. The molecule has 0 aliphatic carbocycles. The van der Waals surface area contributed by atoms with E-state index in [0.29, 0.717) is 5.75 Å². The maximum absolute atomic E-state index is 10.9. The Bertz CT molecular complexity index is 1380. The van der Waals surface area contributed by atoms with Crippen LogP contribution >= 0.6 is 0 Å². The van der Waals surface area contributed by atoms with Gasteiger partial charge in [-0.05, 0) is 70.8 Å². The Labute approximate surface area is 247 Å². The van der Waals surface area contributed by atoms with Gasteiger partial charge in [0.25, 0.3) is 0 Å².